The molecule has 0 atom stereocenters. The first-order valence-electron chi connectivity index (χ1n) is 7.27. The van der Waals surface area contributed by atoms with Crippen LogP contribution in [0.5, 0.6) is 0 Å². The third-order valence-corrected chi connectivity index (χ3v) is 5.50. The van der Waals surface area contributed by atoms with Crippen molar-refractivity contribution in [3.8, 4) is 0 Å². The zero-order valence-electron chi connectivity index (χ0n) is 10.8. The Hall–Kier alpha value is -0.495. The minimum absolute atomic E-state index is 0.821. The molecule has 3 rings (SSSR count). The molecule has 1 aromatic carbocycles. The van der Waals surface area contributed by atoms with Crippen LogP contribution in [-0.4, -0.2) is 6.71 Å². The van der Waals surface area contributed by atoms with Crippen LogP contribution in [0.2, 0.25) is 11.6 Å². The smallest absolute Gasteiger partial charge is 0.0999 e. The topological polar surface area (TPSA) is 0 Å². The van der Waals surface area contributed by atoms with E-state index >= 15 is 0 Å². The van der Waals surface area contributed by atoms with E-state index in [-0.39, 0.29) is 0 Å². The fraction of sp³-hybridized carbons (Fsp3) is 0.500. The highest BCUT2D eigenvalue weighted by atomic mass is 79.9. The summed E-state index contributed by atoms with van der Waals surface area (Å²) in [6.45, 7) is 0.821. The number of benzene rings is 1. The van der Waals surface area contributed by atoms with Crippen LogP contribution in [0, 0.1) is 0 Å². The first kappa shape index (κ1) is 12.5. The molecule has 0 N–H and O–H groups in total. The molecule has 2 fully saturated rings. The van der Waals surface area contributed by atoms with Crippen LogP contribution in [0.4, 0.5) is 0 Å². The second kappa shape index (κ2) is 5.65. The number of hydrogen-bond donors (Lipinski definition) is 0. The molecule has 94 valence electrons. The van der Waals surface area contributed by atoms with Crippen LogP contribution in [0.15, 0.2) is 36.3 Å². The summed E-state index contributed by atoms with van der Waals surface area (Å²) in [4.78, 5) is 0. The lowest BCUT2D eigenvalue weighted by molar-refractivity contribution is 0.447. The van der Waals surface area contributed by atoms with Gasteiger partial charge in [0.1, 0.15) is 0 Å². The van der Waals surface area contributed by atoms with Crippen molar-refractivity contribution in [2.24, 2.45) is 0 Å². The lowest BCUT2D eigenvalue weighted by Crippen LogP contribution is -2.33. The normalized spacial score (nSPS) is 28.3. The average Bonchev–Trinajstić information content (AvgIpc) is 2.39. The van der Waals surface area contributed by atoms with Crippen molar-refractivity contribution < 1.29 is 0 Å². The van der Waals surface area contributed by atoms with Crippen molar-refractivity contribution in [2.75, 3.05) is 0 Å². The Morgan fingerprint density at radius 2 is 1.56 bits per heavy atom. The minimum atomic E-state index is 0.821. The van der Waals surface area contributed by atoms with Gasteiger partial charge in [-0.1, -0.05) is 102 Å². The van der Waals surface area contributed by atoms with Crippen molar-refractivity contribution in [1.82, 2.24) is 0 Å². The molecule has 2 heteroatoms. The predicted molar refractivity (Wildman–Crippen MR) is 84.3 cm³/mol. The Morgan fingerprint density at radius 1 is 1.00 bits per heavy atom. The molecule has 2 heterocycles. The van der Waals surface area contributed by atoms with Crippen LogP contribution in [-0.2, 0) is 0 Å². The van der Waals surface area contributed by atoms with Gasteiger partial charge < -0.3 is 0 Å². The summed E-state index contributed by atoms with van der Waals surface area (Å²) in [5.41, 5.74) is 1.32. The lowest BCUT2D eigenvalue weighted by Gasteiger charge is -2.39. The summed E-state index contributed by atoms with van der Waals surface area (Å²) in [5.74, 6) is 4.42. The Bertz CT molecular complexity index is 404. The Labute approximate surface area is 119 Å². The average molecular weight is 303 g/mol. The highest BCUT2D eigenvalue weighted by molar-refractivity contribution is 9.15. The second-order valence-electron chi connectivity index (χ2n) is 5.84. The third-order valence-electron chi connectivity index (χ3n) is 4.78. The quantitative estimate of drug-likeness (QED) is 0.627. The third kappa shape index (κ3) is 2.59. The summed E-state index contributed by atoms with van der Waals surface area (Å²) in [5, 5.41) is 0. The van der Waals surface area contributed by atoms with E-state index in [1.807, 2.05) is 0 Å². The molecule has 0 amide bonds. The molecule has 0 radical (unpaired) electrons. The van der Waals surface area contributed by atoms with Crippen LogP contribution in [0.1, 0.15) is 44.1 Å². The second-order valence-corrected chi connectivity index (χ2v) is 6.69. The summed E-state index contributed by atoms with van der Waals surface area (Å²) >= 11 is 3.79. The van der Waals surface area contributed by atoms with Gasteiger partial charge in [-0.25, -0.2) is 0 Å². The van der Waals surface area contributed by atoms with Gasteiger partial charge in [-0.2, -0.15) is 0 Å². The molecular weight excluding hydrogens is 283 g/mol. The maximum Gasteiger partial charge on any atom is 0.174 e. The van der Waals surface area contributed by atoms with E-state index in [0.717, 1.165) is 18.3 Å². The molecule has 0 unspecified atom stereocenters. The van der Waals surface area contributed by atoms with Gasteiger partial charge in [-0.3, -0.25) is 0 Å². The zero-order valence-corrected chi connectivity index (χ0v) is 12.4. The van der Waals surface area contributed by atoms with E-state index < -0.39 is 0 Å². The molecule has 2 aliphatic heterocycles. The maximum atomic E-state index is 3.79. The molecule has 1 aromatic rings. The highest BCUT2D eigenvalue weighted by Gasteiger charge is 2.37. The first-order chi connectivity index (χ1) is 8.84. The van der Waals surface area contributed by atoms with Crippen molar-refractivity contribution in [2.45, 2.75) is 50.2 Å². The van der Waals surface area contributed by atoms with Crippen molar-refractivity contribution >= 4 is 27.1 Å². The SMILES string of the molecule is Br/C(=C\B1C2CCCC1CCC2)c1ccccc1. The van der Waals surface area contributed by atoms with Crippen molar-refractivity contribution in [3.05, 3.63) is 41.9 Å². The van der Waals surface area contributed by atoms with E-state index in [1.165, 1.54) is 48.6 Å². The minimum Gasteiger partial charge on any atom is -0.0999 e. The molecule has 0 saturated carbocycles. The largest absolute Gasteiger partial charge is 0.174 e. The monoisotopic (exact) mass is 302 g/mol. The van der Waals surface area contributed by atoms with Gasteiger partial charge in [0.2, 0.25) is 0 Å². The maximum absolute atomic E-state index is 3.79. The molecule has 0 nitrogen and oxygen atoms in total. The summed E-state index contributed by atoms with van der Waals surface area (Å²) in [7, 11) is 0. The van der Waals surface area contributed by atoms with Crippen LogP contribution in [0.25, 0.3) is 4.48 Å². The molecule has 2 saturated heterocycles. The fourth-order valence-electron chi connectivity index (χ4n) is 3.86. The zero-order chi connectivity index (χ0) is 12.4. The van der Waals surface area contributed by atoms with Crippen molar-refractivity contribution in [3.63, 3.8) is 0 Å². The molecule has 2 aliphatic rings. The molecule has 2 bridgehead atoms. The molecule has 0 spiro atoms. The van der Waals surface area contributed by atoms with Crippen LogP contribution >= 0.6 is 15.9 Å². The summed E-state index contributed by atoms with van der Waals surface area (Å²) < 4.78 is 1.30. The molecular formula is C16H20BBr. The van der Waals surface area contributed by atoms with Gasteiger partial charge in [-0.15, -0.1) is 0 Å². The predicted octanol–water partition coefficient (Wildman–Crippen LogP) is 5.56. The van der Waals surface area contributed by atoms with Crippen LogP contribution < -0.4 is 0 Å². The van der Waals surface area contributed by atoms with Gasteiger partial charge in [0.25, 0.3) is 0 Å². The Balaban J connectivity index is 1.82. The lowest BCUT2D eigenvalue weighted by atomic mass is 9.27. The van der Waals surface area contributed by atoms with E-state index in [4.69, 9.17) is 0 Å². The molecule has 18 heavy (non-hydrogen) atoms. The molecule has 0 aromatic heterocycles. The summed E-state index contributed by atoms with van der Waals surface area (Å²) in [6.07, 6.45) is 8.73. The van der Waals surface area contributed by atoms with Gasteiger partial charge in [0.15, 0.2) is 6.71 Å². The molecule has 0 aliphatic carbocycles. The number of fused-ring (bicyclic) bond motifs is 2. The Kier molecular flexibility index (Phi) is 3.93. The van der Waals surface area contributed by atoms with E-state index in [1.54, 1.807) is 0 Å². The van der Waals surface area contributed by atoms with E-state index in [9.17, 15) is 0 Å². The van der Waals surface area contributed by atoms with Gasteiger partial charge >= 0.3 is 0 Å². The fourth-order valence-corrected chi connectivity index (χ4v) is 4.43. The number of halogens is 1. The van der Waals surface area contributed by atoms with E-state index in [0.29, 0.717) is 0 Å². The van der Waals surface area contributed by atoms with Gasteiger partial charge in [0.05, 0.1) is 0 Å². The number of rotatable bonds is 2. The van der Waals surface area contributed by atoms with Gasteiger partial charge in [0, 0.05) is 4.48 Å². The first-order valence-corrected chi connectivity index (χ1v) is 8.06. The highest BCUT2D eigenvalue weighted by Crippen LogP contribution is 2.47. The van der Waals surface area contributed by atoms with E-state index in [2.05, 4.69) is 52.2 Å². The van der Waals surface area contributed by atoms with Gasteiger partial charge in [-0.05, 0) is 5.56 Å². The van der Waals surface area contributed by atoms with Crippen molar-refractivity contribution in [1.29, 1.82) is 0 Å². The number of hydrogen-bond acceptors (Lipinski definition) is 0. The Morgan fingerprint density at radius 3 is 2.11 bits per heavy atom. The standard InChI is InChI=1S/C16H20BBr/c18-16(13-6-2-1-3-7-13)12-17-14-8-4-9-15(17)11-5-10-14/h1-3,6-7,12,14-15H,4-5,8-11H2/b16-12-. The summed E-state index contributed by atoms with van der Waals surface area (Å²) in [6, 6.07) is 10.7. The van der Waals surface area contributed by atoms with Crippen LogP contribution in [0.3, 0.4) is 0 Å².